The van der Waals surface area contributed by atoms with Gasteiger partial charge in [-0.15, -0.1) is 0 Å². The zero-order chi connectivity index (χ0) is 24.9. The Morgan fingerprint density at radius 2 is 1.86 bits per heavy atom. The van der Waals surface area contributed by atoms with E-state index in [1.165, 1.54) is 12.1 Å². The topological polar surface area (TPSA) is 99.1 Å². The van der Waals surface area contributed by atoms with Gasteiger partial charge in [0, 0.05) is 31.0 Å². The largest absolute Gasteiger partial charge is 0.482 e. The van der Waals surface area contributed by atoms with Crippen molar-refractivity contribution >= 4 is 34.4 Å². The number of carbonyl (C=O) groups excluding carboxylic acids is 2. The second-order valence-electron chi connectivity index (χ2n) is 8.81. The molecule has 9 heteroatoms. The molecule has 2 aliphatic rings. The summed E-state index contributed by atoms with van der Waals surface area (Å²) in [6.07, 6.45) is 1.32. The molecule has 0 aromatic heterocycles. The average Bonchev–Trinajstić information content (AvgIpc) is 3.70. The summed E-state index contributed by atoms with van der Waals surface area (Å²) in [7, 11) is 0. The third kappa shape index (κ3) is 6.39. The molecule has 2 aliphatic carbocycles. The van der Waals surface area contributed by atoms with Crippen LogP contribution in [-0.2, 0) is 16.1 Å². The molecule has 1 saturated carbocycles. The molecule has 3 unspecified atom stereocenters. The zero-order valence-corrected chi connectivity index (χ0v) is 21.2. The van der Waals surface area contributed by atoms with E-state index in [1.54, 1.807) is 29.2 Å². The summed E-state index contributed by atoms with van der Waals surface area (Å²) in [6.45, 7) is 0.0638. The van der Waals surface area contributed by atoms with Crippen molar-refractivity contribution in [2.24, 2.45) is 5.92 Å². The van der Waals surface area contributed by atoms with Crippen molar-refractivity contribution in [3.63, 3.8) is 0 Å². The molecular weight excluding hydrogens is 566 g/mol. The highest BCUT2D eigenvalue weighted by molar-refractivity contribution is 14.1. The Morgan fingerprint density at radius 1 is 1.14 bits per heavy atom. The van der Waals surface area contributed by atoms with Crippen molar-refractivity contribution in [3.8, 4) is 5.75 Å². The number of rotatable bonds is 9. The van der Waals surface area contributed by atoms with E-state index in [0.29, 0.717) is 11.3 Å². The zero-order valence-electron chi connectivity index (χ0n) is 19.1. The van der Waals surface area contributed by atoms with Gasteiger partial charge in [0.25, 0.3) is 0 Å². The standard InChI is InChI=1S/C26H28FIN2O5/c27-19-9-5-16(6-10-19)15-30(26(34)17-7-8-17)21-13-18(25(33)29-11-12-31)14-23(24(21)32)35-22-4-2-1-3-20(22)28/h1-6,9-10,14,17,21,23-24,31-32H,7-8,11-13,15H2,(H,29,33). The van der Waals surface area contributed by atoms with Crippen molar-refractivity contribution in [1.29, 1.82) is 0 Å². The van der Waals surface area contributed by atoms with Gasteiger partial charge in [-0.2, -0.15) is 0 Å². The number of nitrogens with zero attached hydrogens (tertiary/aromatic N) is 1. The van der Waals surface area contributed by atoms with Crippen LogP contribution in [0.4, 0.5) is 4.39 Å². The molecule has 3 atom stereocenters. The molecule has 0 radical (unpaired) electrons. The first kappa shape index (κ1) is 25.6. The normalized spacial score (nSPS) is 21.7. The lowest BCUT2D eigenvalue weighted by atomic mass is 9.87. The third-order valence-corrected chi connectivity index (χ3v) is 7.08. The molecule has 0 bridgehead atoms. The first-order chi connectivity index (χ1) is 16.9. The van der Waals surface area contributed by atoms with Gasteiger partial charge in [-0.3, -0.25) is 9.59 Å². The minimum Gasteiger partial charge on any atom is -0.482 e. The van der Waals surface area contributed by atoms with E-state index in [2.05, 4.69) is 27.9 Å². The predicted octanol–water partition coefficient (Wildman–Crippen LogP) is 2.78. The van der Waals surface area contributed by atoms with Gasteiger partial charge in [-0.25, -0.2) is 4.39 Å². The molecule has 0 aliphatic heterocycles. The SMILES string of the molecule is O=C(NCCO)C1=CC(Oc2ccccc2I)C(O)C(N(Cc2ccc(F)cc2)C(=O)C2CC2)C1. The van der Waals surface area contributed by atoms with Gasteiger partial charge in [0.2, 0.25) is 11.8 Å². The third-order valence-electron chi connectivity index (χ3n) is 6.19. The fourth-order valence-corrected chi connectivity index (χ4v) is 4.69. The molecule has 4 rings (SSSR count). The molecule has 3 N–H and O–H groups in total. The minimum absolute atomic E-state index is 0.0891. The number of hydrogen-bond acceptors (Lipinski definition) is 5. The van der Waals surface area contributed by atoms with Gasteiger partial charge in [-0.1, -0.05) is 24.3 Å². The summed E-state index contributed by atoms with van der Waals surface area (Å²) < 4.78 is 20.4. The minimum atomic E-state index is -1.09. The predicted molar refractivity (Wildman–Crippen MR) is 136 cm³/mol. The smallest absolute Gasteiger partial charge is 0.247 e. The lowest BCUT2D eigenvalue weighted by Crippen LogP contribution is -2.55. The number of hydrogen-bond donors (Lipinski definition) is 3. The lowest BCUT2D eigenvalue weighted by molar-refractivity contribution is -0.140. The fourth-order valence-electron chi connectivity index (χ4n) is 4.18. The molecular formula is C26H28FIN2O5. The van der Waals surface area contributed by atoms with Crippen molar-refractivity contribution in [2.45, 2.75) is 44.1 Å². The van der Waals surface area contributed by atoms with E-state index in [1.807, 2.05) is 18.2 Å². The number of halogens is 2. The molecule has 2 amide bonds. The van der Waals surface area contributed by atoms with Crippen molar-refractivity contribution in [3.05, 3.63) is 75.1 Å². The van der Waals surface area contributed by atoms with Crippen LogP contribution in [-0.4, -0.2) is 58.3 Å². The lowest BCUT2D eigenvalue weighted by Gasteiger charge is -2.40. The van der Waals surface area contributed by atoms with Gasteiger partial charge < -0.3 is 25.2 Å². The Labute approximate surface area is 217 Å². The summed E-state index contributed by atoms with van der Waals surface area (Å²) in [5, 5.41) is 23.2. The van der Waals surface area contributed by atoms with Crippen LogP contribution >= 0.6 is 22.6 Å². The highest BCUT2D eigenvalue weighted by Gasteiger charge is 2.43. The number of carbonyl (C=O) groups is 2. The van der Waals surface area contributed by atoms with Gasteiger partial charge in [-0.05, 0) is 71.3 Å². The second-order valence-corrected chi connectivity index (χ2v) is 9.98. The first-order valence-corrected chi connectivity index (χ1v) is 12.7. The summed E-state index contributed by atoms with van der Waals surface area (Å²) in [5.41, 5.74) is 1.10. The van der Waals surface area contributed by atoms with Crippen molar-refractivity contribution in [1.82, 2.24) is 10.2 Å². The maximum absolute atomic E-state index is 13.5. The van der Waals surface area contributed by atoms with Crippen molar-refractivity contribution in [2.75, 3.05) is 13.2 Å². The summed E-state index contributed by atoms with van der Waals surface area (Å²) in [5.74, 6) is -0.406. The number of ether oxygens (including phenoxy) is 1. The summed E-state index contributed by atoms with van der Waals surface area (Å²) >= 11 is 2.13. The van der Waals surface area contributed by atoms with Crippen LogP contribution in [0.1, 0.15) is 24.8 Å². The van der Waals surface area contributed by atoms with Gasteiger partial charge in [0.1, 0.15) is 23.8 Å². The number of aliphatic hydroxyl groups excluding tert-OH is 2. The first-order valence-electron chi connectivity index (χ1n) is 11.6. The maximum atomic E-state index is 13.5. The molecule has 2 aromatic rings. The maximum Gasteiger partial charge on any atom is 0.247 e. The summed E-state index contributed by atoms with van der Waals surface area (Å²) in [4.78, 5) is 27.8. The van der Waals surface area contributed by atoms with Crippen LogP contribution < -0.4 is 10.1 Å². The number of benzene rings is 2. The number of para-hydroxylation sites is 1. The van der Waals surface area contributed by atoms with Crippen LogP contribution in [0.15, 0.2) is 60.2 Å². The Morgan fingerprint density at radius 3 is 2.51 bits per heavy atom. The van der Waals surface area contributed by atoms with Gasteiger partial charge in [0.15, 0.2) is 0 Å². The van der Waals surface area contributed by atoms with E-state index < -0.39 is 18.2 Å². The Balaban J connectivity index is 1.66. The van der Waals surface area contributed by atoms with E-state index >= 15 is 0 Å². The van der Waals surface area contributed by atoms with E-state index in [0.717, 1.165) is 22.0 Å². The highest BCUT2D eigenvalue weighted by Crippen LogP contribution is 2.36. The van der Waals surface area contributed by atoms with Crippen LogP contribution in [0.2, 0.25) is 0 Å². The Hall–Kier alpha value is -2.50. The van der Waals surface area contributed by atoms with Crippen LogP contribution in [0, 0.1) is 15.3 Å². The van der Waals surface area contributed by atoms with E-state index in [4.69, 9.17) is 9.84 Å². The number of aliphatic hydroxyl groups is 2. The van der Waals surface area contributed by atoms with Crippen LogP contribution in [0.5, 0.6) is 5.75 Å². The van der Waals surface area contributed by atoms with Gasteiger partial charge in [0.05, 0.1) is 16.2 Å². The van der Waals surface area contributed by atoms with E-state index in [9.17, 15) is 19.1 Å². The Kier molecular flexibility index (Phi) is 8.40. The summed E-state index contributed by atoms with van der Waals surface area (Å²) in [6, 6.07) is 12.5. The quantitative estimate of drug-likeness (QED) is 0.388. The number of nitrogens with one attached hydrogen (secondary N) is 1. The highest BCUT2D eigenvalue weighted by atomic mass is 127. The molecule has 0 heterocycles. The van der Waals surface area contributed by atoms with Gasteiger partial charge >= 0.3 is 0 Å². The Bertz CT molecular complexity index is 1090. The van der Waals surface area contributed by atoms with Crippen LogP contribution in [0.3, 0.4) is 0 Å². The molecule has 0 saturated heterocycles. The average molecular weight is 594 g/mol. The molecule has 2 aromatic carbocycles. The van der Waals surface area contributed by atoms with E-state index in [-0.39, 0.29) is 49.7 Å². The molecule has 1 fully saturated rings. The molecule has 186 valence electrons. The number of amides is 2. The fraction of sp³-hybridized carbons (Fsp3) is 0.385. The second kappa shape index (κ2) is 11.5. The van der Waals surface area contributed by atoms with Crippen molar-refractivity contribution < 1.29 is 28.9 Å². The molecule has 35 heavy (non-hydrogen) atoms. The monoisotopic (exact) mass is 594 g/mol. The van der Waals surface area contributed by atoms with Crippen LogP contribution in [0.25, 0.3) is 0 Å². The molecule has 0 spiro atoms. The molecule has 7 nitrogen and oxygen atoms in total.